The van der Waals surface area contributed by atoms with Crippen molar-refractivity contribution in [2.75, 3.05) is 13.2 Å². The number of hydrogen-bond acceptors (Lipinski definition) is 4. The molecule has 17 heavy (non-hydrogen) atoms. The molecule has 0 aliphatic heterocycles. The Morgan fingerprint density at radius 3 is 2.35 bits per heavy atom. The van der Waals surface area contributed by atoms with Crippen molar-refractivity contribution in [3.05, 3.63) is 12.8 Å². The number of carbonyl (C=O) groups is 1. The van der Waals surface area contributed by atoms with Gasteiger partial charge < -0.3 is 13.9 Å². The third-order valence-electron chi connectivity index (χ3n) is 2.96. The lowest BCUT2D eigenvalue weighted by atomic mass is 10.2. The molecule has 0 rings (SSSR count). The van der Waals surface area contributed by atoms with Crippen LogP contribution in [0.5, 0.6) is 0 Å². The van der Waals surface area contributed by atoms with Gasteiger partial charge in [0.25, 0.3) is 0 Å². The Morgan fingerprint density at radius 1 is 1.29 bits per heavy atom. The van der Waals surface area contributed by atoms with Gasteiger partial charge in [-0.25, -0.2) is 4.79 Å². The minimum Gasteiger partial charge on any atom is -0.434 e. The number of hydrogen-bond donors (Lipinski definition) is 0. The monoisotopic (exact) mass is 260 g/mol. The lowest BCUT2D eigenvalue weighted by Gasteiger charge is -2.36. The molecule has 5 heteroatoms. The highest BCUT2D eigenvalue weighted by Crippen LogP contribution is 2.36. The van der Waals surface area contributed by atoms with Crippen molar-refractivity contribution in [1.82, 2.24) is 0 Å². The van der Waals surface area contributed by atoms with Crippen molar-refractivity contribution in [2.24, 2.45) is 0 Å². The molecular weight excluding hydrogens is 236 g/mol. The van der Waals surface area contributed by atoms with Crippen molar-refractivity contribution in [3.63, 3.8) is 0 Å². The molecule has 0 saturated heterocycles. The van der Waals surface area contributed by atoms with Crippen LogP contribution in [0, 0.1) is 0 Å². The molecule has 0 N–H and O–H groups in total. The molecular formula is C12H24O4Si. The lowest BCUT2D eigenvalue weighted by molar-refractivity contribution is 0.0797. The van der Waals surface area contributed by atoms with E-state index in [2.05, 4.69) is 45.2 Å². The summed E-state index contributed by atoms with van der Waals surface area (Å²) in [7, 11) is -1.69. The Kier molecular flexibility index (Phi) is 6.48. The standard InChI is InChI=1S/C12H24O4Si/c1-7-14-11(13)15-9-8-10-16-17(5,6)12(2,3)4/h7H,1,8-10H2,2-6H3. The zero-order valence-electron chi connectivity index (χ0n) is 11.5. The Hall–Kier alpha value is -0.813. The second-order valence-electron chi connectivity index (χ2n) is 5.35. The maximum absolute atomic E-state index is 10.8. The molecule has 0 unspecified atom stereocenters. The second-order valence-corrected chi connectivity index (χ2v) is 10.2. The summed E-state index contributed by atoms with van der Waals surface area (Å²) in [5.74, 6) is 0. The fraction of sp³-hybridized carbons (Fsp3) is 0.750. The first kappa shape index (κ1) is 16.2. The van der Waals surface area contributed by atoms with E-state index in [1.807, 2.05) is 0 Å². The molecule has 0 aromatic rings. The van der Waals surface area contributed by atoms with E-state index >= 15 is 0 Å². The molecule has 4 nitrogen and oxygen atoms in total. The van der Waals surface area contributed by atoms with Crippen LogP contribution in [0.3, 0.4) is 0 Å². The Labute approximate surface area is 105 Å². The van der Waals surface area contributed by atoms with Gasteiger partial charge in [-0.3, -0.25) is 0 Å². The quantitative estimate of drug-likeness (QED) is 0.316. The Morgan fingerprint density at radius 2 is 1.88 bits per heavy atom. The summed E-state index contributed by atoms with van der Waals surface area (Å²) in [6.45, 7) is 15.1. The smallest absolute Gasteiger partial charge is 0.434 e. The van der Waals surface area contributed by atoms with Crippen LogP contribution in [0.2, 0.25) is 18.1 Å². The van der Waals surface area contributed by atoms with E-state index in [1.165, 1.54) is 0 Å². The summed E-state index contributed by atoms with van der Waals surface area (Å²) < 4.78 is 15.1. The third-order valence-corrected chi connectivity index (χ3v) is 7.50. The average Bonchev–Trinajstić information content (AvgIpc) is 2.15. The lowest BCUT2D eigenvalue weighted by Crippen LogP contribution is -2.41. The number of ether oxygens (including phenoxy) is 2. The van der Waals surface area contributed by atoms with Crippen LogP contribution in [0.1, 0.15) is 27.2 Å². The SMILES string of the molecule is C=COC(=O)OCCCO[Si](C)(C)C(C)(C)C. The molecule has 100 valence electrons. The van der Waals surface area contributed by atoms with Crippen LogP contribution in [-0.4, -0.2) is 27.7 Å². The molecule has 0 saturated carbocycles. The van der Waals surface area contributed by atoms with Gasteiger partial charge in [0.05, 0.1) is 12.9 Å². The number of rotatable bonds is 6. The van der Waals surface area contributed by atoms with Gasteiger partial charge in [0.1, 0.15) is 0 Å². The van der Waals surface area contributed by atoms with E-state index in [-0.39, 0.29) is 5.04 Å². The largest absolute Gasteiger partial charge is 0.513 e. The maximum Gasteiger partial charge on any atom is 0.513 e. The van der Waals surface area contributed by atoms with Crippen LogP contribution in [0.4, 0.5) is 4.79 Å². The van der Waals surface area contributed by atoms with Crippen LogP contribution < -0.4 is 0 Å². The zero-order chi connectivity index (χ0) is 13.5. The van der Waals surface area contributed by atoms with E-state index in [9.17, 15) is 4.79 Å². The minimum absolute atomic E-state index is 0.204. The Balaban J connectivity index is 3.72. The number of carbonyl (C=O) groups excluding carboxylic acids is 1. The summed E-state index contributed by atoms with van der Waals surface area (Å²) >= 11 is 0. The van der Waals surface area contributed by atoms with Gasteiger partial charge in [-0.05, 0) is 18.1 Å². The molecule has 0 aliphatic rings. The van der Waals surface area contributed by atoms with E-state index in [0.29, 0.717) is 19.6 Å². The van der Waals surface area contributed by atoms with E-state index in [4.69, 9.17) is 9.16 Å². The van der Waals surface area contributed by atoms with Crippen LogP contribution in [-0.2, 0) is 13.9 Å². The van der Waals surface area contributed by atoms with Gasteiger partial charge in [-0.2, -0.15) is 0 Å². The summed E-state index contributed by atoms with van der Waals surface area (Å²) in [5.41, 5.74) is 0. The van der Waals surface area contributed by atoms with Gasteiger partial charge in [0, 0.05) is 13.0 Å². The highest BCUT2D eigenvalue weighted by Gasteiger charge is 2.36. The molecule has 0 amide bonds. The molecule has 0 aromatic heterocycles. The molecule has 0 aromatic carbocycles. The predicted octanol–water partition coefficient (Wildman–Crippen LogP) is 3.70. The van der Waals surface area contributed by atoms with Gasteiger partial charge in [-0.1, -0.05) is 27.4 Å². The fourth-order valence-electron chi connectivity index (χ4n) is 0.860. The fourth-order valence-corrected chi connectivity index (χ4v) is 1.95. The van der Waals surface area contributed by atoms with Gasteiger partial charge in [0.15, 0.2) is 8.32 Å². The first-order chi connectivity index (χ1) is 7.70. The van der Waals surface area contributed by atoms with Crippen molar-refractivity contribution in [1.29, 1.82) is 0 Å². The van der Waals surface area contributed by atoms with Crippen LogP contribution >= 0.6 is 0 Å². The predicted molar refractivity (Wildman–Crippen MR) is 70.4 cm³/mol. The molecule has 0 bridgehead atoms. The molecule has 0 heterocycles. The van der Waals surface area contributed by atoms with Crippen molar-refractivity contribution >= 4 is 14.5 Å². The average molecular weight is 260 g/mol. The Bertz CT molecular complexity index is 256. The summed E-state index contributed by atoms with van der Waals surface area (Å²) in [5, 5.41) is 0.204. The second kappa shape index (κ2) is 6.81. The molecule has 0 spiro atoms. The minimum atomic E-state index is -1.69. The maximum atomic E-state index is 10.8. The first-order valence-corrected chi connectivity index (χ1v) is 8.70. The summed E-state index contributed by atoms with van der Waals surface area (Å²) in [6.07, 6.45) is 1.01. The van der Waals surface area contributed by atoms with Crippen molar-refractivity contribution in [3.8, 4) is 0 Å². The van der Waals surface area contributed by atoms with E-state index in [1.54, 1.807) is 0 Å². The molecule has 0 radical (unpaired) electrons. The first-order valence-electron chi connectivity index (χ1n) is 5.79. The van der Waals surface area contributed by atoms with Crippen molar-refractivity contribution in [2.45, 2.75) is 45.3 Å². The molecule has 0 aliphatic carbocycles. The zero-order valence-corrected chi connectivity index (χ0v) is 12.5. The summed E-state index contributed by atoms with van der Waals surface area (Å²) in [4.78, 5) is 10.8. The topological polar surface area (TPSA) is 44.8 Å². The van der Waals surface area contributed by atoms with Gasteiger partial charge >= 0.3 is 6.16 Å². The van der Waals surface area contributed by atoms with Crippen LogP contribution in [0.25, 0.3) is 0 Å². The molecule has 0 atom stereocenters. The normalized spacial score (nSPS) is 12.1. The highest BCUT2D eigenvalue weighted by molar-refractivity contribution is 6.74. The van der Waals surface area contributed by atoms with Crippen LogP contribution in [0.15, 0.2) is 12.8 Å². The third kappa shape index (κ3) is 6.48. The molecule has 0 fully saturated rings. The van der Waals surface area contributed by atoms with Gasteiger partial charge in [0.2, 0.25) is 0 Å². The summed E-state index contributed by atoms with van der Waals surface area (Å²) in [6, 6.07) is 0. The van der Waals surface area contributed by atoms with E-state index in [0.717, 1.165) is 6.26 Å². The van der Waals surface area contributed by atoms with Crippen molar-refractivity contribution < 1.29 is 18.7 Å². The highest BCUT2D eigenvalue weighted by atomic mass is 28.4. The van der Waals surface area contributed by atoms with E-state index < -0.39 is 14.5 Å². The van der Waals surface area contributed by atoms with Gasteiger partial charge in [-0.15, -0.1) is 0 Å².